The third kappa shape index (κ3) is 1.17. The van der Waals surface area contributed by atoms with E-state index in [0.29, 0.717) is 17.8 Å². The summed E-state index contributed by atoms with van der Waals surface area (Å²) in [4.78, 5) is 12.0. The summed E-state index contributed by atoms with van der Waals surface area (Å²) in [6.45, 7) is 0. The average Bonchev–Trinajstić information content (AvgIpc) is 2.67. The van der Waals surface area contributed by atoms with Crippen molar-refractivity contribution < 1.29 is 9.53 Å². The molecule has 1 N–H and O–H groups in total. The van der Waals surface area contributed by atoms with Gasteiger partial charge in [-0.15, -0.1) is 0 Å². The summed E-state index contributed by atoms with van der Waals surface area (Å²) in [7, 11) is 0. The van der Waals surface area contributed by atoms with Crippen LogP contribution in [-0.2, 0) is 9.53 Å². The zero-order valence-corrected chi connectivity index (χ0v) is 9.31. The molecule has 3 aliphatic rings. The van der Waals surface area contributed by atoms with Gasteiger partial charge in [-0.2, -0.15) is 8.75 Å². The molecular weight excluding hydrogens is 226 g/mol. The molecule has 3 fully saturated rings. The molecule has 0 radical (unpaired) electrons. The molecule has 84 valence electrons. The second kappa shape index (κ2) is 3.01. The van der Waals surface area contributed by atoms with Gasteiger partial charge in [0.1, 0.15) is 0 Å². The highest BCUT2D eigenvalue weighted by molar-refractivity contribution is 6.99. The minimum atomic E-state index is 0.0236. The molecule has 0 spiro atoms. The van der Waals surface area contributed by atoms with Crippen LogP contribution in [-0.4, -0.2) is 26.9 Å². The number of aromatic nitrogens is 2. The Balaban J connectivity index is 1.49. The first kappa shape index (κ1) is 9.07. The standard InChI is InChI=1S/C10H11N3O2S/c14-10(12-8-3-11-16-13-8)6-2-7-4-1-5(4)9(6)15-7/h3-7,9H,1-2H2,(H,12,13,14)/t4-,5+,6-,7+,9+/m1/s1. The van der Waals surface area contributed by atoms with Gasteiger partial charge in [-0.3, -0.25) is 4.79 Å². The number of nitrogens with one attached hydrogen (secondary N) is 1. The summed E-state index contributed by atoms with van der Waals surface area (Å²) in [5, 5.41) is 2.81. The molecule has 1 aromatic heterocycles. The predicted octanol–water partition coefficient (Wildman–Crippen LogP) is 0.900. The molecule has 4 rings (SSSR count). The summed E-state index contributed by atoms with van der Waals surface area (Å²) in [5.74, 6) is 2.05. The lowest BCUT2D eigenvalue weighted by Gasteiger charge is -2.16. The van der Waals surface area contributed by atoms with Crippen LogP contribution in [0.1, 0.15) is 12.8 Å². The van der Waals surface area contributed by atoms with E-state index in [-0.39, 0.29) is 17.9 Å². The molecule has 2 bridgehead atoms. The van der Waals surface area contributed by atoms with E-state index in [9.17, 15) is 4.79 Å². The molecular formula is C10H11N3O2S. The van der Waals surface area contributed by atoms with Gasteiger partial charge >= 0.3 is 0 Å². The summed E-state index contributed by atoms with van der Waals surface area (Å²) < 4.78 is 13.6. The predicted molar refractivity (Wildman–Crippen MR) is 56.9 cm³/mol. The number of hydrogen-bond donors (Lipinski definition) is 1. The van der Waals surface area contributed by atoms with E-state index in [2.05, 4.69) is 14.1 Å². The lowest BCUT2D eigenvalue weighted by atomic mass is 9.88. The maximum Gasteiger partial charge on any atom is 0.231 e. The highest BCUT2D eigenvalue weighted by atomic mass is 32.1. The van der Waals surface area contributed by atoms with Crippen LogP contribution < -0.4 is 5.32 Å². The molecule has 1 aliphatic carbocycles. The summed E-state index contributed by atoms with van der Waals surface area (Å²) in [6, 6.07) is 0. The van der Waals surface area contributed by atoms with Crippen LogP contribution in [0.25, 0.3) is 0 Å². The van der Waals surface area contributed by atoms with Gasteiger partial charge in [0.2, 0.25) is 5.91 Å². The minimum absolute atomic E-state index is 0.0236. The first-order valence-corrected chi connectivity index (χ1v) is 6.30. The Morgan fingerprint density at radius 1 is 1.50 bits per heavy atom. The van der Waals surface area contributed by atoms with E-state index in [4.69, 9.17) is 4.74 Å². The summed E-state index contributed by atoms with van der Waals surface area (Å²) >= 11 is 1.10. The van der Waals surface area contributed by atoms with E-state index in [1.807, 2.05) is 0 Å². The average molecular weight is 237 g/mol. The maximum absolute atomic E-state index is 12.0. The summed E-state index contributed by atoms with van der Waals surface area (Å²) in [5.41, 5.74) is 0. The van der Waals surface area contributed by atoms with E-state index in [1.54, 1.807) is 6.20 Å². The van der Waals surface area contributed by atoms with E-state index in [0.717, 1.165) is 24.1 Å². The van der Waals surface area contributed by atoms with Gasteiger partial charge in [-0.25, -0.2) is 0 Å². The van der Waals surface area contributed by atoms with Gasteiger partial charge in [-0.05, 0) is 24.7 Å². The molecule has 2 saturated heterocycles. The number of anilines is 1. The lowest BCUT2D eigenvalue weighted by molar-refractivity contribution is -0.121. The van der Waals surface area contributed by atoms with Crippen molar-refractivity contribution in [2.24, 2.45) is 17.8 Å². The molecule has 1 saturated carbocycles. The highest BCUT2D eigenvalue weighted by Crippen LogP contribution is 2.60. The fraction of sp³-hybridized carbons (Fsp3) is 0.700. The topological polar surface area (TPSA) is 64.1 Å². The number of hydrogen-bond acceptors (Lipinski definition) is 5. The number of rotatable bonds is 2. The number of nitrogens with zero attached hydrogens (tertiary/aromatic N) is 2. The number of carbonyl (C=O) groups is 1. The van der Waals surface area contributed by atoms with E-state index < -0.39 is 0 Å². The second-order valence-corrected chi connectivity index (χ2v) is 5.38. The van der Waals surface area contributed by atoms with Crippen molar-refractivity contribution in [3.63, 3.8) is 0 Å². The second-order valence-electron chi connectivity index (χ2n) is 4.83. The number of ether oxygens (including phenoxy) is 1. The van der Waals surface area contributed by atoms with Crippen molar-refractivity contribution in [1.29, 1.82) is 0 Å². The quantitative estimate of drug-likeness (QED) is 0.830. The summed E-state index contributed by atoms with van der Waals surface area (Å²) in [6.07, 6.45) is 4.24. The molecule has 16 heavy (non-hydrogen) atoms. The van der Waals surface area contributed by atoms with Gasteiger partial charge in [0.15, 0.2) is 5.82 Å². The number of carbonyl (C=O) groups excluding carboxylic acids is 1. The zero-order valence-electron chi connectivity index (χ0n) is 8.50. The zero-order chi connectivity index (χ0) is 10.7. The largest absolute Gasteiger partial charge is 0.374 e. The number of fused-ring (bicyclic) bond motifs is 5. The molecule has 2 aliphatic heterocycles. The molecule has 0 unspecified atom stereocenters. The Morgan fingerprint density at radius 2 is 2.44 bits per heavy atom. The molecule has 5 atom stereocenters. The Morgan fingerprint density at radius 3 is 3.12 bits per heavy atom. The van der Waals surface area contributed by atoms with Crippen molar-refractivity contribution in [2.45, 2.75) is 25.0 Å². The number of amides is 1. The maximum atomic E-state index is 12.0. The van der Waals surface area contributed by atoms with Crippen molar-refractivity contribution in [2.75, 3.05) is 5.32 Å². The molecule has 1 aromatic rings. The van der Waals surface area contributed by atoms with Crippen LogP contribution in [0.4, 0.5) is 5.82 Å². The van der Waals surface area contributed by atoms with Gasteiger partial charge in [0, 0.05) is 0 Å². The van der Waals surface area contributed by atoms with E-state index >= 15 is 0 Å². The third-order valence-electron chi connectivity index (χ3n) is 3.95. The Kier molecular flexibility index (Phi) is 1.71. The van der Waals surface area contributed by atoms with Crippen LogP contribution in [0.15, 0.2) is 6.20 Å². The van der Waals surface area contributed by atoms with Crippen LogP contribution in [0.3, 0.4) is 0 Å². The molecule has 6 heteroatoms. The Bertz CT molecular complexity index is 435. The Hall–Kier alpha value is -1.01. The van der Waals surface area contributed by atoms with E-state index in [1.165, 1.54) is 6.42 Å². The van der Waals surface area contributed by atoms with Crippen molar-refractivity contribution >= 4 is 23.5 Å². The molecule has 0 aromatic carbocycles. The highest BCUT2D eigenvalue weighted by Gasteiger charge is 2.64. The molecule has 5 nitrogen and oxygen atoms in total. The van der Waals surface area contributed by atoms with Crippen LogP contribution in [0.5, 0.6) is 0 Å². The van der Waals surface area contributed by atoms with Gasteiger partial charge in [0.25, 0.3) is 0 Å². The lowest BCUT2D eigenvalue weighted by Crippen LogP contribution is -2.32. The molecule has 3 heterocycles. The Labute approximate surface area is 96.5 Å². The molecule has 1 amide bonds. The smallest absolute Gasteiger partial charge is 0.231 e. The van der Waals surface area contributed by atoms with Gasteiger partial charge in [-0.1, -0.05) is 0 Å². The first-order valence-electron chi connectivity index (χ1n) is 5.57. The normalized spacial score (nSPS) is 43.1. The van der Waals surface area contributed by atoms with Gasteiger partial charge in [0.05, 0.1) is 36.1 Å². The van der Waals surface area contributed by atoms with Crippen molar-refractivity contribution in [1.82, 2.24) is 8.75 Å². The van der Waals surface area contributed by atoms with Crippen LogP contribution >= 0.6 is 11.7 Å². The minimum Gasteiger partial charge on any atom is -0.374 e. The fourth-order valence-electron chi connectivity index (χ4n) is 3.15. The monoisotopic (exact) mass is 237 g/mol. The first-order chi connectivity index (χ1) is 7.83. The van der Waals surface area contributed by atoms with Crippen molar-refractivity contribution in [3.05, 3.63) is 6.20 Å². The van der Waals surface area contributed by atoms with Crippen LogP contribution in [0, 0.1) is 17.8 Å². The van der Waals surface area contributed by atoms with Crippen LogP contribution in [0.2, 0.25) is 0 Å². The van der Waals surface area contributed by atoms with Gasteiger partial charge < -0.3 is 10.1 Å². The third-order valence-corrected chi connectivity index (χ3v) is 4.43. The fourth-order valence-corrected chi connectivity index (χ4v) is 3.52. The SMILES string of the molecule is O=C(Nc1cnsn1)[C@@H]1C[C@@H]2O[C@H]1[C@H]1C[C@H]12. The van der Waals surface area contributed by atoms with Crippen molar-refractivity contribution in [3.8, 4) is 0 Å².